The van der Waals surface area contributed by atoms with E-state index in [-0.39, 0.29) is 25.2 Å². The molecule has 47 heavy (non-hydrogen) atoms. The van der Waals surface area contributed by atoms with Crippen LogP contribution < -0.4 is 0 Å². The van der Waals surface area contributed by atoms with Crippen LogP contribution in [0.1, 0.15) is 39.5 Å². The van der Waals surface area contributed by atoms with Crippen molar-refractivity contribution in [2.45, 2.75) is 57.9 Å². The lowest BCUT2D eigenvalue weighted by Crippen LogP contribution is -2.40. The lowest BCUT2D eigenvalue weighted by atomic mass is 9.99. The predicted molar refractivity (Wildman–Crippen MR) is 211 cm³/mol. The Morgan fingerprint density at radius 1 is 0.596 bits per heavy atom. The van der Waals surface area contributed by atoms with Crippen LogP contribution >= 0.6 is 102 Å². The molecular weight excluding hydrogens is 776 g/mol. The number of carbonyl (C=O) groups excluding carboxylic acids is 2. The third-order valence-electron chi connectivity index (χ3n) is 7.69. The smallest absolute Gasteiger partial charge is 0.462 e. The Bertz CT molecular complexity index is 1030. The van der Waals surface area contributed by atoms with Crippen molar-refractivity contribution in [2.24, 2.45) is 10.8 Å². The first-order valence-electron chi connectivity index (χ1n) is 15.6. The predicted octanol–water partition coefficient (Wildman–Crippen LogP) is 8.12. The van der Waals surface area contributed by atoms with Crippen LogP contribution in [0.3, 0.4) is 0 Å². The SMILES string of the molecule is C=C(C)C(=O)OCCC1SCC2(CS1)CSC(CCOP(=O)(O)OCCC1SCC3(CSC(CCOC(=O)C(=C)C)SC3)CS1)SC2. The highest BCUT2D eigenvalue weighted by atomic mass is 32.2. The van der Waals surface area contributed by atoms with Gasteiger partial charge in [0.15, 0.2) is 0 Å². The summed E-state index contributed by atoms with van der Waals surface area (Å²) in [6.07, 6.45) is 3.13. The van der Waals surface area contributed by atoms with Crippen LogP contribution in [0.5, 0.6) is 0 Å². The molecule has 0 bridgehead atoms. The highest BCUT2D eigenvalue weighted by molar-refractivity contribution is 8.20. The quantitative estimate of drug-likeness (QED) is 0.0919. The first-order valence-corrected chi connectivity index (χ1v) is 25.5. The summed E-state index contributed by atoms with van der Waals surface area (Å²) in [5.41, 5.74) is 1.48. The van der Waals surface area contributed by atoms with Crippen LogP contribution in [0.15, 0.2) is 24.3 Å². The Morgan fingerprint density at radius 2 is 0.851 bits per heavy atom. The number of carbonyl (C=O) groups is 2. The second kappa shape index (κ2) is 20.0. The van der Waals surface area contributed by atoms with Gasteiger partial charge in [0.1, 0.15) is 0 Å². The first kappa shape index (κ1) is 41.1. The van der Waals surface area contributed by atoms with Crippen molar-refractivity contribution in [2.75, 3.05) is 72.5 Å². The van der Waals surface area contributed by atoms with Crippen molar-refractivity contribution in [3.63, 3.8) is 0 Å². The molecule has 4 aliphatic rings. The third-order valence-corrected chi connectivity index (χ3v) is 23.1. The van der Waals surface area contributed by atoms with Crippen LogP contribution in [0.4, 0.5) is 0 Å². The molecule has 0 unspecified atom stereocenters. The zero-order chi connectivity index (χ0) is 33.9. The number of phosphoric acid groups is 1. The van der Waals surface area contributed by atoms with Gasteiger partial charge in [0, 0.05) is 80.8 Å². The Hall–Kier alpha value is 1.33. The minimum absolute atomic E-state index is 0.210. The Morgan fingerprint density at radius 3 is 1.11 bits per heavy atom. The van der Waals surface area contributed by atoms with E-state index in [0.717, 1.165) is 58.9 Å². The second-order valence-electron chi connectivity index (χ2n) is 12.3. The molecule has 0 aromatic rings. The van der Waals surface area contributed by atoms with Gasteiger partial charge in [0.05, 0.1) is 44.8 Å². The maximum Gasteiger partial charge on any atom is 0.472 e. The Kier molecular flexibility index (Phi) is 17.5. The fourth-order valence-corrected chi connectivity index (χ4v) is 19.2. The van der Waals surface area contributed by atoms with Crippen molar-refractivity contribution in [1.29, 1.82) is 0 Å². The van der Waals surface area contributed by atoms with Crippen molar-refractivity contribution in [3.8, 4) is 0 Å². The molecule has 0 aliphatic carbocycles. The fourth-order valence-electron chi connectivity index (χ4n) is 4.82. The van der Waals surface area contributed by atoms with Crippen molar-refractivity contribution in [3.05, 3.63) is 24.3 Å². The van der Waals surface area contributed by atoms with E-state index in [1.54, 1.807) is 13.8 Å². The molecule has 4 saturated heterocycles. The lowest BCUT2D eigenvalue weighted by molar-refractivity contribution is -0.139. The fraction of sp³-hybridized carbons (Fsp3) is 0.800. The molecule has 2 spiro atoms. The molecule has 8 nitrogen and oxygen atoms in total. The Labute approximate surface area is 314 Å². The normalized spacial score (nSPS) is 32.4. The van der Waals surface area contributed by atoms with Crippen LogP contribution in [0.25, 0.3) is 0 Å². The van der Waals surface area contributed by atoms with Crippen LogP contribution in [0, 0.1) is 10.8 Å². The molecule has 1 N–H and O–H groups in total. The topological polar surface area (TPSA) is 108 Å². The average Bonchev–Trinajstić information content (AvgIpc) is 3.05. The molecule has 0 amide bonds. The van der Waals surface area contributed by atoms with E-state index in [4.69, 9.17) is 18.5 Å². The zero-order valence-electron chi connectivity index (χ0n) is 27.1. The van der Waals surface area contributed by atoms with Crippen LogP contribution in [-0.2, 0) is 32.7 Å². The summed E-state index contributed by atoms with van der Waals surface area (Å²) in [6, 6.07) is 0. The second-order valence-corrected chi connectivity index (χ2v) is 24.5. The molecule has 4 aliphatic heterocycles. The number of hydrogen-bond donors (Lipinski definition) is 1. The summed E-state index contributed by atoms with van der Waals surface area (Å²) in [4.78, 5) is 33.4. The molecule has 0 aromatic carbocycles. The number of thioether (sulfide) groups is 8. The highest BCUT2D eigenvalue weighted by Crippen LogP contribution is 2.53. The van der Waals surface area contributed by atoms with Gasteiger partial charge in [-0.15, -0.1) is 94.1 Å². The standard InChI is InChI=1S/C30H47O8PS8/c1-21(2)27(31)35-9-5-23-40-13-29(14-41-23)17-44-25(45-18-29)7-11-37-39(33,34)38-12-8-26-46-19-30(20-47-26)15-42-24(43-16-30)6-10-36-28(32)22(3)4/h23-26H,1,3,5-20H2,2,4H3,(H,33,34). The minimum atomic E-state index is -4.07. The molecule has 17 heteroatoms. The van der Waals surface area contributed by atoms with Crippen molar-refractivity contribution < 1.29 is 37.6 Å². The molecule has 0 radical (unpaired) electrons. The molecule has 0 saturated carbocycles. The summed E-state index contributed by atoms with van der Waals surface area (Å²) < 4.78 is 35.4. The van der Waals surface area contributed by atoms with Crippen LogP contribution in [0.2, 0.25) is 0 Å². The minimum Gasteiger partial charge on any atom is -0.462 e. The van der Waals surface area contributed by atoms with Gasteiger partial charge >= 0.3 is 19.8 Å². The summed E-state index contributed by atoms with van der Waals surface area (Å²) >= 11 is 15.6. The van der Waals surface area contributed by atoms with Crippen molar-refractivity contribution in [1.82, 2.24) is 0 Å². The Balaban J connectivity index is 1.02. The summed E-state index contributed by atoms with van der Waals surface area (Å²) in [6.45, 7) is 11.9. The third kappa shape index (κ3) is 14.0. The van der Waals surface area contributed by atoms with Gasteiger partial charge in [0.25, 0.3) is 0 Å². The van der Waals surface area contributed by atoms with Crippen molar-refractivity contribution >= 4 is 114 Å². The summed E-state index contributed by atoms with van der Waals surface area (Å²) in [5, 5.41) is 0. The number of ether oxygens (including phenoxy) is 2. The maximum atomic E-state index is 12.5. The molecule has 0 aromatic heterocycles. The molecular formula is C30H47O8PS8. The number of esters is 2. The number of rotatable bonds is 16. The molecule has 268 valence electrons. The van der Waals surface area contributed by atoms with Gasteiger partial charge in [-0.05, 0) is 26.7 Å². The summed E-state index contributed by atoms with van der Waals surface area (Å²) in [7, 11) is -4.07. The largest absolute Gasteiger partial charge is 0.472 e. The van der Waals surface area contributed by atoms with E-state index in [2.05, 4.69) is 13.2 Å². The van der Waals surface area contributed by atoms with Gasteiger partial charge in [-0.3, -0.25) is 9.05 Å². The van der Waals surface area contributed by atoms with E-state index in [1.165, 1.54) is 0 Å². The number of phosphoric ester groups is 1. The number of hydrogen-bond acceptors (Lipinski definition) is 15. The van der Waals surface area contributed by atoms with Gasteiger partial charge in [-0.1, -0.05) is 13.2 Å². The van der Waals surface area contributed by atoms with Gasteiger partial charge < -0.3 is 14.4 Å². The molecule has 0 atom stereocenters. The maximum absolute atomic E-state index is 12.5. The van der Waals surface area contributed by atoms with Crippen LogP contribution in [-0.4, -0.2) is 108 Å². The van der Waals surface area contributed by atoms with E-state index in [1.807, 2.05) is 94.1 Å². The zero-order valence-corrected chi connectivity index (χ0v) is 34.5. The van der Waals surface area contributed by atoms with E-state index in [9.17, 15) is 19.0 Å². The van der Waals surface area contributed by atoms with Gasteiger partial charge in [-0.2, -0.15) is 0 Å². The average molecular weight is 823 g/mol. The first-order chi connectivity index (χ1) is 22.4. The monoisotopic (exact) mass is 822 g/mol. The summed E-state index contributed by atoms with van der Waals surface area (Å²) in [5.74, 6) is 8.12. The highest BCUT2D eigenvalue weighted by Gasteiger charge is 2.42. The van der Waals surface area contributed by atoms with Gasteiger partial charge in [0.2, 0.25) is 0 Å². The molecule has 4 fully saturated rings. The van der Waals surface area contributed by atoms with E-state index in [0.29, 0.717) is 66.4 Å². The molecule has 4 rings (SSSR count). The van der Waals surface area contributed by atoms with Gasteiger partial charge in [-0.25, -0.2) is 14.2 Å². The van der Waals surface area contributed by atoms with E-state index < -0.39 is 7.82 Å². The van der Waals surface area contributed by atoms with E-state index >= 15 is 0 Å². The molecule has 4 heterocycles. The lowest BCUT2D eigenvalue weighted by Gasteiger charge is -2.43.